The van der Waals surface area contributed by atoms with E-state index in [9.17, 15) is 18.8 Å². The van der Waals surface area contributed by atoms with Crippen LogP contribution < -0.4 is 0 Å². The van der Waals surface area contributed by atoms with E-state index in [-0.39, 0.29) is 23.8 Å². The number of carboxylic acids is 1. The minimum absolute atomic E-state index is 0.110. The fraction of sp³-hybridized carbons (Fsp3) is 0.438. The van der Waals surface area contributed by atoms with E-state index in [1.807, 2.05) is 0 Å². The van der Waals surface area contributed by atoms with Gasteiger partial charge < -0.3 is 10.0 Å². The number of carbonyl (C=O) groups excluding carboxylic acids is 2. The molecule has 0 saturated heterocycles. The van der Waals surface area contributed by atoms with Gasteiger partial charge in [-0.25, -0.2) is 4.39 Å². The predicted molar refractivity (Wildman–Crippen MR) is 79.0 cm³/mol. The molecule has 0 fully saturated rings. The molecule has 1 atom stereocenters. The maximum atomic E-state index is 13.1. The summed E-state index contributed by atoms with van der Waals surface area (Å²) in [6, 6.07) is 5.01. The fourth-order valence-corrected chi connectivity index (χ4v) is 2.10. The first-order valence-corrected chi connectivity index (χ1v) is 7.03. The Morgan fingerprint density at radius 2 is 1.86 bits per heavy atom. The molecule has 120 valence electrons. The molecule has 0 aliphatic carbocycles. The molecule has 0 aliphatic heterocycles. The number of amides is 1. The van der Waals surface area contributed by atoms with E-state index < -0.39 is 30.2 Å². The van der Waals surface area contributed by atoms with Crippen molar-refractivity contribution in [1.82, 2.24) is 4.90 Å². The van der Waals surface area contributed by atoms with Crippen molar-refractivity contribution < 1.29 is 23.9 Å². The van der Waals surface area contributed by atoms with Crippen molar-refractivity contribution in [3.05, 3.63) is 35.6 Å². The number of rotatable bonds is 7. The van der Waals surface area contributed by atoms with E-state index in [1.54, 1.807) is 20.8 Å². The molecule has 1 unspecified atom stereocenters. The largest absolute Gasteiger partial charge is 0.480 e. The van der Waals surface area contributed by atoms with Crippen LogP contribution in [0.25, 0.3) is 0 Å². The van der Waals surface area contributed by atoms with Crippen molar-refractivity contribution in [2.24, 2.45) is 5.92 Å². The van der Waals surface area contributed by atoms with Crippen LogP contribution in [0.15, 0.2) is 24.3 Å². The van der Waals surface area contributed by atoms with Crippen LogP contribution in [0.5, 0.6) is 0 Å². The molecule has 6 heteroatoms. The van der Waals surface area contributed by atoms with E-state index in [4.69, 9.17) is 5.11 Å². The van der Waals surface area contributed by atoms with Crippen LogP contribution in [-0.2, 0) is 9.59 Å². The first-order valence-electron chi connectivity index (χ1n) is 7.03. The second-order valence-electron chi connectivity index (χ2n) is 5.49. The Hall–Kier alpha value is -2.24. The van der Waals surface area contributed by atoms with Gasteiger partial charge in [0, 0.05) is 23.9 Å². The number of Topliss-reactive ketones (excluding diaryl/α,β-unsaturated/α-hetero) is 1. The Balaban J connectivity index is 2.77. The molecule has 0 aliphatic rings. The Morgan fingerprint density at radius 3 is 2.36 bits per heavy atom. The molecular weight excluding hydrogens is 289 g/mol. The third-order valence-corrected chi connectivity index (χ3v) is 3.29. The number of carbonyl (C=O) groups is 3. The molecule has 1 aromatic rings. The second-order valence-corrected chi connectivity index (χ2v) is 5.49. The van der Waals surface area contributed by atoms with E-state index in [1.165, 1.54) is 23.1 Å². The molecule has 0 radical (unpaired) electrons. The number of aliphatic carboxylic acids is 1. The van der Waals surface area contributed by atoms with Crippen LogP contribution in [0.3, 0.4) is 0 Å². The molecule has 0 bridgehead atoms. The van der Waals surface area contributed by atoms with Crippen molar-refractivity contribution in [3.63, 3.8) is 0 Å². The van der Waals surface area contributed by atoms with Gasteiger partial charge in [0.25, 0.3) is 0 Å². The first-order chi connectivity index (χ1) is 10.2. The third kappa shape index (κ3) is 4.95. The molecule has 0 saturated carbocycles. The van der Waals surface area contributed by atoms with Crippen molar-refractivity contribution in [2.75, 3.05) is 6.54 Å². The Labute approximate surface area is 128 Å². The minimum Gasteiger partial charge on any atom is -0.480 e. The van der Waals surface area contributed by atoms with Crippen LogP contribution in [0.1, 0.15) is 37.6 Å². The van der Waals surface area contributed by atoms with E-state index in [2.05, 4.69) is 0 Å². The summed E-state index contributed by atoms with van der Waals surface area (Å²) in [6.07, 6.45) is -0.110. The topological polar surface area (TPSA) is 74.7 Å². The summed E-state index contributed by atoms with van der Waals surface area (Å²) in [6.45, 7) is 4.58. The van der Waals surface area contributed by atoms with Crippen molar-refractivity contribution >= 4 is 17.7 Å². The quantitative estimate of drug-likeness (QED) is 0.785. The number of carboxylic acid groups (broad SMARTS) is 1. The highest BCUT2D eigenvalue weighted by Crippen LogP contribution is 2.15. The summed E-state index contributed by atoms with van der Waals surface area (Å²) in [5.74, 6) is -3.02. The summed E-state index contributed by atoms with van der Waals surface area (Å²) < 4.78 is 13.1. The third-order valence-electron chi connectivity index (χ3n) is 3.29. The highest BCUT2D eigenvalue weighted by Gasteiger charge is 2.25. The lowest BCUT2D eigenvalue weighted by Crippen LogP contribution is -2.41. The van der Waals surface area contributed by atoms with Crippen LogP contribution in [0.2, 0.25) is 0 Å². The number of halogens is 1. The monoisotopic (exact) mass is 309 g/mol. The van der Waals surface area contributed by atoms with Crippen LogP contribution in [0, 0.1) is 11.7 Å². The molecule has 1 rings (SSSR count). The number of nitrogens with zero attached hydrogens (tertiary/aromatic N) is 1. The zero-order valence-electron chi connectivity index (χ0n) is 12.9. The van der Waals surface area contributed by atoms with Crippen LogP contribution in [0.4, 0.5) is 4.39 Å². The molecule has 1 amide bonds. The molecule has 1 N–H and O–H groups in total. The lowest BCUT2D eigenvalue weighted by atomic mass is 9.95. The zero-order valence-corrected chi connectivity index (χ0v) is 12.9. The van der Waals surface area contributed by atoms with E-state index in [0.29, 0.717) is 0 Å². The SMILES string of the molecule is CC(CC(=O)N(CC(=O)O)C(C)C)C(=O)c1cccc(F)c1. The first kappa shape index (κ1) is 17.8. The fourth-order valence-electron chi connectivity index (χ4n) is 2.10. The van der Waals surface area contributed by atoms with E-state index in [0.717, 1.165) is 6.07 Å². The summed E-state index contributed by atoms with van der Waals surface area (Å²) >= 11 is 0. The second kappa shape index (κ2) is 7.68. The molecule has 0 aromatic heterocycles. The predicted octanol–water partition coefficient (Wildman–Crippen LogP) is 2.36. The standard InChI is InChI=1S/C16H20FNO4/c1-10(2)18(9-15(20)21)14(19)7-11(3)16(22)12-5-4-6-13(17)8-12/h4-6,8,10-11H,7,9H2,1-3H3,(H,20,21). The average molecular weight is 309 g/mol. The zero-order chi connectivity index (χ0) is 16.9. The van der Waals surface area contributed by atoms with Crippen molar-refractivity contribution in [1.29, 1.82) is 0 Å². The lowest BCUT2D eigenvalue weighted by molar-refractivity contribution is -0.146. The van der Waals surface area contributed by atoms with Crippen molar-refractivity contribution in [2.45, 2.75) is 33.2 Å². The maximum Gasteiger partial charge on any atom is 0.323 e. The Kier molecular flexibility index (Phi) is 6.22. The van der Waals surface area contributed by atoms with Gasteiger partial charge in [0.1, 0.15) is 12.4 Å². The molecule has 0 heterocycles. The average Bonchev–Trinajstić information content (AvgIpc) is 2.43. The Morgan fingerprint density at radius 1 is 1.23 bits per heavy atom. The summed E-state index contributed by atoms with van der Waals surface area (Å²) in [5, 5.41) is 8.83. The smallest absolute Gasteiger partial charge is 0.323 e. The highest BCUT2D eigenvalue weighted by molar-refractivity contribution is 5.99. The van der Waals surface area contributed by atoms with Crippen LogP contribution >= 0.6 is 0 Å². The highest BCUT2D eigenvalue weighted by atomic mass is 19.1. The molecule has 1 aromatic carbocycles. The van der Waals surface area contributed by atoms with Gasteiger partial charge in [-0.05, 0) is 26.0 Å². The summed E-state index contributed by atoms with van der Waals surface area (Å²) in [4.78, 5) is 36.4. The van der Waals surface area contributed by atoms with Crippen molar-refractivity contribution in [3.8, 4) is 0 Å². The van der Waals surface area contributed by atoms with Gasteiger partial charge >= 0.3 is 5.97 Å². The maximum absolute atomic E-state index is 13.1. The molecule has 0 spiro atoms. The molecule has 22 heavy (non-hydrogen) atoms. The van der Waals surface area contributed by atoms with Gasteiger partial charge in [0.15, 0.2) is 5.78 Å². The van der Waals surface area contributed by atoms with Crippen LogP contribution in [-0.4, -0.2) is 40.3 Å². The number of ketones is 1. The van der Waals surface area contributed by atoms with Gasteiger partial charge in [-0.15, -0.1) is 0 Å². The summed E-state index contributed by atoms with van der Waals surface area (Å²) in [5.41, 5.74) is 0.203. The van der Waals surface area contributed by atoms with E-state index >= 15 is 0 Å². The molecule has 5 nitrogen and oxygen atoms in total. The minimum atomic E-state index is -1.11. The lowest BCUT2D eigenvalue weighted by Gasteiger charge is -2.26. The number of benzene rings is 1. The number of hydrogen-bond donors (Lipinski definition) is 1. The summed E-state index contributed by atoms with van der Waals surface area (Å²) in [7, 11) is 0. The van der Waals surface area contributed by atoms with Gasteiger partial charge in [0.05, 0.1) is 0 Å². The van der Waals surface area contributed by atoms with Gasteiger partial charge in [0.2, 0.25) is 5.91 Å². The number of hydrogen-bond acceptors (Lipinski definition) is 3. The normalized spacial score (nSPS) is 12.0. The van der Waals surface area contributed by atoms with Gasteiger partial charge in [-0.1, -0.05) is 19.1 Å². The van der Waals surface area contributed by atoms with Gasteiger partial charge in [-0.2, -0.15) is 0 Å². The van der Waals surface area contributed by atoms with Gasteiger partial charge in [-0.3, -0.25) is 14.4 Å². The Bertz CT molecular complexity index is 571. The molecular formula is C16H20FNO4.